The molecule has 1 heterocycles. The van der Waals surface area contributed by atoms with E-state index < -0.39 is 10.2 Å². The number of benzene rings is 4. The average Bonchev–Trinajstić information content (AvgIpc) is 2.92. The minimum Gasteiger partial charge on any atom is -0.378 e. The van der Waals surface area contributed by atoms with Crippen molar-refractivity contribution < 1.29 is 33.4 Å². The average molecular weight is 541 g/mol. The molecule has 0 N–H and O–H groups in total. The normalized spacial score (nSPS) is 14.2. The van der Waals surface area contributed by atoms with E-state index in [1.54, 1.807) is 0 Å². The molecule has 0 aliphatic heterocycles. The third-order valence-corrected chi connectivity index (χ3v) is 7.01. The molecule has 0 bridgehead atoms. The van der Waals surface area contributed by atoms with Crippen molar-refractivity contribution in [1.29, 1.82) is 0 Å². The van der Waals surface area contributed by atoms with Crippen molar-refractivity contribution in [3.8, 4) is 5.69 Å². The van der Waals surface area contributed by atoms with Gasteiger partial charge in [-0.25, -0.2) is 18.6 Å². The van der Waals surface area contributed by atoms with Crippen LogP contribution in [0.1, 0.15) is 29.5 Å². The number of pyridine rings is 1. The standard InChI is InChI=1S/C32H29N2.ClHO4/c1-33(2)27-18-15-23(16-19-27)21-25-10-8-11-26-22-34(28-12-4-3-5-13-28)32-29-14-7-6-9-24(29)17-20-30(32)31(25)26;2-1(3,4)5/h3-7,9,12-22H,8,10-11H2,1-2H3;(H,2,3,4,5)/q+1;/p-1. The van der Waals surface area contributed by atoms with Crippen molar-refractivity contribution in [2.24, 2.45) is 0 Å². The lowest BCUT2D eigenvalue weighted by atomic mass is 9.84. The second-order valence-corrected chi connectivity index (χ2v) is 10.6. The summed E-state index contributed by atoms with van der Waals surface area (Å²) in [5.41, 5.74) is 9.30. The number of hydrogen-bond donors (Lipinski definition) is 0. The molecule has 0 saturated carbocycles. The number of anilines is 1. The summed E-state index contributed by atoms with van der Waals surface area (Å²) in [5, 5.41) is 3.92. The zero-order valence-electron chi connectivity index (χ0n) is 21.8. The quantitative estimate of drug-likeness (QED) is 0.258. The van der Waals surface area contributed by atoms with Crippen LogP contribution in [0.3, 0.4) is 0 Å². The highest BCUT2D eigenvalue weighted by molar-refractivity contribution is 6.08. The Morgan fingerprint density at radius 3 is 2.10 bits per heavy atom. The molecular formula is C32H29ClN2O4. The maximum absolute atomic E-state index is 8.49. The van der Waals surface area contributed by atoms with Crippen molar-refractivity contribution >= 4 is 39.0 Å². The molecule has 0 atom stereocenters. The van der Waals surface area contributed by atoms with Gasteiger partial charge in [0.2, 0.25) is 11.2 Å². The van der Waals surface area contributed by atoms with Gasteiger partial charge in [-0.1, -0.05) is 60.7 Å². The molecule has 0 amide bonds. The van der Waals surface area contributed by atoms with Crippen LogP contribution in [0.5, 0.6) is 0 Å². The van der Waals surface area contributed by atoms with Gasteiger partial charge in [0, 0.05) is 43.0 Å². The molecule has 0 unspecified atom stereocenters. The monoisotopic (exact) mass is 540 g/mol. The fourth-order valence-corrected chi connectivity index (χ4v) is 5.34. The first-order valence-corrected chi connectivity index (χ1v) is 14.0. The zero-order valence-corrected chi connectivity index (χ0v) is 22.6. The summed E-state index contributed by atoms with van der Waals surface area (Å²) in [7, 11) is -0.771. The summed E-state index contributed by atoms with van der Waals surface area (Å²) in [6.45, 7) is 0. The second kappa shape index (κ2) is 11.1. The van der Waals surface area contributed by atoms with Gasteiger partial charge in [0.1, 0.15) is 0 Å². The van der Waals surface area contributed by atoms with E-state index in [1.165, 1.54) is 61.7 Å². The maximum Gasteiger partial charge on any atom is 0.226 e. The molecule has 0 saturated heterocycles. The highest BCUT2D eigenvalue weighted by atomic mass is 35.7. The number of aryl methyl sites for hydroxylation is 1. The van der Waals surface area contributed by atoms with E-state index >= 15 is 0 Å². The van der Waals surface area contributed by atoms with Crippen molar-refractivity contribution in [3.63, 3.8) is 0 Å². The van der Waals surface area contributed by atoms with E-state index in [0.717, 1.165) is 12.8 Å². The largest absolute Gasteiger partial charge is 0.378 e. The molecule has 39 heavy (non-hydrogen) atoms. The van der Waals surface area contributed by atoms with Crippen LogP contribution in [0.4, 0.5) is 5.69 Å². The predicted octanol–water partition coefficient (Wildman–Crippen LogP) is 2.46. The predicted molar refractivity (Wildman–Crippen MR) is 145 cm³/mol. The number of fused-ring (bicyclic) bond motifs is 5. The van der Waals surface area contributed by atoms with Gasteiger partial charge in [0.15, 0.2) is 6.20 Å². The lowest BCUT2D eigenvalue weighted by Crippen LogP contribution is -2.68. The number of nitrogens with zero attached hydrogens (tertiary/aromatic N) is 2. The molecule has 0 spiro atoms. The third-order valence-electron chi connectivity index (χ3n) is 7.01. The van der Waals surface area contributed by atoms with E-state index in [0.29, 0.717) is 0 Å². The van der Waals surface area contributed by atoms with Crippen LogP contribution >= 0.6 is 0 Å². The highest BCUT2D eigenvalue weighted by Crippen LogP contribution is 2.38. The lowest BCUT2D eigenvalue weighted by Gasteiger charge is -2.21. The SMILES string of the molecule is CN(C)c1ccc(/C=C2/CCCc3c[n+](-c4ccccc4)c4c(ccc5ccccc54)c32)cc1.[O-][Cl+3]([O-])([O-])[O-]. The summed E-state index contributed by atoms with van der Waals surface area (Å²) in [6, 6.07) is 33.0. The number of aromatic nitrogens is 1. The van der Waals surface area contributed by atoms with E-state index in [9.17, 15) is 0 Å². The van der Waals surface area contributed by atoms with Crippen LogP contribution in [-0.4, -0.2) is 14.1 Å². The van der Waals surface area contributed by atoms with Crippen molar-refractivity contribution in [2.75, 3.05) is 19.0 Å². The Bertz CT molecular complexity index is 1640. The Kier molecular flexibility index (Phi) is 7.66. The van der Waals surface area contributed by atoms with Crippen molar-refractivity contribution in [2.45, 2.75) is 19.3 Å². The summed E-state index contributed by atoms with van der Waals surface area (Å²) >= 11 is 0. The summed E-state index contributed by atoms with van der Waals surface area (Å²) in [4.78, 5) is 2.15. The number of halogens is 1. The molecule has 4 aromatic carbocycles. The Labute approximate surface area is 230 Å². The van der Waals surface area contributed by atoms with Gasteiger partial charge in [-0.2, -0.15) is 4.57 Å². The number of rotatable bonds is 3. The van der Waals surface area contributed by atoms with Gasteiger partial charge in [0.05, 0.1) is 10.8 Å². The topological polar surface area (TPSA) is 99.4 Å². The van der Waals surface area contributed by atoms with E-state index in [4.69, 9.17) is 18.6 Å². The molecule has 0 fully saturated rings. The van der Waals surface area contributed by atoms with Crippen LogP contribution in [0.2, 0.25) is 0 Å². The van der Waals surface area contributed by atoms with Gasteiger partial charge in [-0.05, 0) is 60.1 Å². The lowest BCUT2D eigenvalue weighted by molar-refractivity contribution is -2.00. The molecule has 1 aromatic heterocycles. The van der Waals surface area contributed by atoms with Gasteiger partial charge in [-0.3, -0.25) is 0 Å². The molecule has 1 aliphatic carbocycles. The molecule has 7 heteroatoms. The van der Waals surface area contributed by atoms with Gasteiger partial charge >= 0.3 is 0 Å². The van der Waals surface area contributed by atoms with Crippen LogP contribution in [0.15, 0.2) is 97.2 Å². The molecule has 6 rings (SSSR count). The summed E-state index contributed by atoms with van der Waals surface area (Å²) in [5.74, 6) is 0. The van der Waals surface area contributed by atoms with Gasteiger partial charge in [0.25, 0.3) is 0 Å². The molecule has 1 aliphatic rings. The molecule has 5 aromatic rings. The molecule has 6 nitrogen and oxygen atoms in total. The molecule has 0 radical (unpaired) electrons. The smallest absolute Gasteiger partial charge is 0.226 e. The van der Waals surface area contributed by atoms with Crippen LogP contribution in [0, 0.1) is 10.2 Å². The molecule has 198 valence electrons. The van der Waals surface area contributed by atoms with Crippen molar-refractivity contribution in [3.05, 3.63) is 114 Å². The number of hydrogen-bond acceptors (Lipinski definition) is 5. The summed E-state index contributed by atoms with van der Waals surface area (Å²) < 4.78 is 36.4. The van der Waals surface area contributed by atoms with Crippen molar-refractivity contribution in [1.82, 2.24) is 0 Å². The summed E-state index contributed by atoms with van der Waals surface area (Å²) in [6.07, 6.45) is 8.20. The molecular weight excluding hydrogens is 512 g/mol. The number of allylic oxidation sites excluding steroid dienone is 1. The van der Waals surface area contributed by atoms with E-state index in [-0.39, 0.29) is 0 Å². The fourth-order valence-electron chi connectivity index (χ4n) is 5.34. The van der Waals surface area contributed by atoms with Gasteiger partial charge in [-0.15, -0.1) is 10.2 Å². The number of para-hydroxylation sites is 1. The Morgan fingerprint density at radius 1 is 0.744 bits per heavy atom. The van der Waals surface area contributed by atoms with Crippen LogP contribution < -0.4 is 28.1 Å². The minimum absolute atomic E-state index is 1.11. The first kappa shape index (κ1) is 26.8. The van der Waals surface area contributed by atoms with E-state index in [1.807, 2.05) is 0 Å². The Balaban J connectivity index is 0.000000567. The zero-order chi connectivity index (χ0) is 27.6. The maximum atomic E-state index is 8.49. The van der Waals surface area contributed by atoms with E-state index in [2.05, 4.69) is 127 Å². The van der Waals surface area contributed by atoms with Crippen LogP contribution in [-0.2, 0) is 6.42 Å². The highest BCUT2D eigenvalue weighted by Gasteiger charge is 2.26. The first-order valence-electron chi connectivity index (χ1n) is 12.7. The Morgan fingerprint density at radius 2 is 1.41 bits per heavy atom. The third kappa shape index (κ3) is 6.11. The fraction of sp³-hybridized carbons (Fsp3) is 0.156. The second-order valence-electron chi connectivity index (χ2n) is 9.80. The van der Waals surface area contributed by atoms with Gasteiger partial charge < -0.3 is 4.90 Å². The Hall–Kier alpha value is -3.78. The van der Waals surface area contributed by atoms with Crippen LogP contribution in [0.25, 0.3) is 39.0 Å². The first-order chi connectivity index (χ1) is 18.7. The minimum atomic E-state index is -4.94.